The van der Waals surface area contributed by atoms with Crippen LogP contribution in [0.5, 0.6) is 0 Å². The van der Waals surface area contributed by atoms with Crippen molar-refractivity contribution >= 4 is 5.69 Å². The van der Waals surface area contributed by atoms with E-state index in [2.05, 4.69) is 19.2 Å². The van der Waals surface area contributed by atoms with Crippen molar-refractivity contribution in [2.75, 3.05) is 24.5 Å². The van der Waals surface area contributed by atoms with Crippen LogP contribution in [0.4, 0.5) is 14.5 Å². The lowest BCUT2D eigenvalue weighted by Crippen LogP contribution is -2.51. The fourth-order valence-corrected chi connectivity index (χ4v) is 2.83. The van der Waals surface area contributed by atoms with Gasteiger partial charge in [0.15, 0.2) is 0 Å². The van der Waals surface area contributed by atoms with Gasteiger partial charge < -0.3 is 10.2 Å². The summed E-state index contributed by atoms with van der Waals surface area (Å²) in [4.78, 5) is 1.86. The minimum absolute atomic E-state index is 0.0504. The quantitative estimate of drug-likeness (QED) is 0.904. The molecule has 0 atom stereocenters. The van der Waals surface area contributed by atoms with Gasteiger partial charge in [-0.25, -0.2) is 8.78 Å². The topological polar surface area (TPSA) is 15.3 Å². The average molecular weight is 268 g/mol. The SMILES string of the molecule is CCC1(CC)CN(c2c(F)cccc2F)CCCN1. The molecule has 0 radical (unpaired) electrons. The third kappa shape index (κ3) is 2.89. The van der Waals surface area contributed by atoms with Crippen molar-refractivity contribution in [1.82, 2.24) is 5.32 Å². The highest BCUT2D eigenvalue weighted by Crippen LogP contribution is 2.28. The number of hydrogen-bond acceptors (Lipinski definition) is 2. The second-order valence-electron chi connectivity index (χ2n) is 5.26. The Labute approximate surface area is 113 Å². The molecule has 0 bridgehead atoms. The van der Waals surface area contributed by atoms with Gasteiger partial charge in [-0.3, -0.25) is 0 Å². The van der Waals surface area contributed by atoms with Crippen molar-refractivity contribution in [3.63, 3.8) is 0 Å². The minimum Gasteiger partial charge on any atom is -0.365 e. The molecule has 1 aliphatic heterocycles. The summed E-state index contributed by atoms with van der Waals surface area (Å²) in [5.74, 6) is -0.939. The molecule has 1 heterocycles. The fraction of sp³-hybridized carbons (Fsp3) is 0.600. The lowest BCUT2D eigenvalue weighted by atomic mass is 9.92. The summed E-state index contributed by atoms with van der Waals surface area (Å²) in [6, 6.07) is 4.07. The van der Waals surface area contributed by atoms with Gasteiger partial charge in [-0.05, 0) is 37.9 Å². The Balaban J connectivity index is 2.33. The maximum atomic E-state index is 13.9. The maximum absolute atomic E-state index is 13.9. The predicted molar refractivity (Wildman–Crippen MR) is 74.5 cm³/mol. The van der Waals surface area contributed by atoms with Gasteiger partial charge in [-0.1, -0.05) is 19.9 Å². The van der Waals surface area contributed by atoms with Crippen LogP contribution in [-0.4, -0.2) is 25.2 Å². The number of nitrogens with zero attached hydrogens (tertiary/aromatic N) is 1. The van der Waals surface area contributed by atoms with Crippen LogP contribution in [0.15, 0.2) is 18.2 Å². The molecule has 0 aliphatic carbocycles. The highest BCUT2D eigenvalue weighted by atomic mass is 19.1. The molecule has 0 spiro atoms. The summed E-state index contributed by atoms with van der Waals surface area (Å²) in [6.45, 7) is 6.48. The van der Waals surface area contributed by atoms with Crippen LogP contribution in [0.2, 0.25) is 0 Å². The normalized spacial score (nSPS) is 19.3. The molecular formula is C15H22F2N2. The second-order valence-corrected chi connectivity index (χ2v) is 5.26. The highest BCUT2D eigenvalue weighted by molar-refractivity contribution is 5.49. The molecule has 1 N–H and O–H groups in total. The third-order valence-corrected chi connectivity index (χ3v) is 4.21. The number of rotatable bonds is 3. The molecule has 0 amide bonds. The second kappa shape index (κ2) is 5.87. The largest absolute Gasteiger partial charge is 0.365 e. The van der Waals surface area contributed by atoms with Crippen molar-refractivity contribution < 1.29 is 8.78 Å². The molecular weight excluding hydrogens is 246 g/mol. The monoisotopic (exact) mass is 268 g/mol. The zero-order valence-electron chi connectivity index (χ0n) is 11.7. The molecule has 1 aliphatic rings. The first-order valence-corrected chi connectivity index (χ1v) is 7.06. The summed E-state index contributed by atoms with van der Waals surface area (Å²) in [5.41, 5.74) is 0.0723. The highest BCUT2D eigenvalue weighted by Gasteiger charge is 2.32. The van der Waals surface area contributed by atoms with E-state index in [1.165, 1.54) is 18.2 Å². The smallest absolute Gasteiger partial charge is 0.149 e. The van der Waals surface area contributed by atoms with Crippen molar-refractivity contribution in [1.29, 1.82) is 0 Å². The Morgan fingerprint density at radius 2 is 1.84 bits per heavy atom. The van der Waals surface area contributed by atoms with E-state index in [4.69, 9.17) is 0 Å². The number of para-hydroxylation sites is 1. The number of halogens is 2. The van der Waals surface area contributed by atoms with Crippen molar-refractivity contribution in [3.05, 3.63) is 29.8 Å². The minimum atomic E-state index is -0.469. The van der Waals surface area contributed by atoms with E-state index in [0.717, 1.165) is 25.8 Å². The van der Waals surface area contributed by atoms with Gasteiger partial charge in [0.1, 0.15) is 17.3 Å². The summed E-state index contributed by atoms with van der Waals surface area (Å²) in [6.07, 6.45) is 2.81. The molecule has 4 heteroatoms. The Morgan fingerprint density at radius 1 is 1.21 bits per heavy atom. The van der Waals surface area contributed by atoms with E-state index >= 15 is 0 Å². The average Bonchev–Trinajstić information content (AvgIpc) is 2.62. The third-order valence-electron chi connectivity index (χ3n) is 4.21. The van der Waals surface area contributed by atoms with E-state index in [1.54, 1.807) is 0 Å². The fourth-order valence-electron chi connectivity index (χ4n) is 2.83. The molecule has 0 aromatic heterocycles. The Hall–Kier alpha value is -1.16. The van der Waals surface area contributed by atoms with Crippen LogP contribution >= 0.6 is 0 Å². The van der Waals surface area contributed by atoms with Gasteiger partial charge in [0, 0.05) is 18.6 Å². The van der Waals surface area contributed by atoms with Crippen LogP contribution in [0.1, 0.15) is 33.1 Å². The molecule has 1 saturated heterocycles. The summed E-state index contributed by atoms with van der Waals surface area (Å²) in [7, 11) is 0. The Kier molecular flexibility index (Phi) is 4.40. The van der Waals surface area contributed by atoms with Gasteiger partial charge in [0.2, 0.25) is 0 Å². The van der Waals surface area contributed by atoms with Gasteiger partial charge in [-0.15, -0.1) is 0 Å². The number of hydrogen-bond donors (Lipinski definition) is 1. The van der Waals surface area contributed by atoms with Gasteiger partial charge in [0.05, 0.1) is 0 Å². The number of benzene rings is 1. The van der Waals surface area contributed by atoms with Crippen LogP contribution < -0.4 is 10.2 Å². The first-order valence-electron chi connectivity index (χ1n) is 7.06. The lowest BCUT2D eigenvalue weighted by Gasteiger charge is -2.36. The molecule has 1 aromatic carbocycles. The van der Waals surface area contributed by atoms with Crippen molar-refractivity contribution in [2.45, 2.75) is 38.6 Å². The standard InChI is InChI=1S/C15H22F2N2/c1-3-15(4-2)11-19(10-6-9-18-15)14-12(16)7-5-8-13(14)17/h5,7-8,18H,3-4,6,9-11H2,1-2H3. The van der Waals surface area contributed by atoms with E-state index in [-0.39, 0.29) is 11.2 Å². The number of nitrogens with one attached hydrogen (secondary N) is 1. The van der Waals surface area contributed by atoms with Crippen LogP contribution in [0.3, 0.4) is 0 Å². The van der Waals surface area contributed by atoms with Gasteiger partial charge >= 0.3 is 0 Å². The molecule has 0 unspecified atom stereocenters. The van der Waals surface area contributed by atoms with E-state index in [9.17, 15) is 8.78 Å². The van der Waals surface area contributed by atoms with Crippen molar-refractivity contribution in [3.8, 4) is 0 Å². The Morgan fingerprint density at radius 3 is 2.42 bits per heavy atom. The molecule has 0 saturated carbocycles. The zero-order valence-corrected chi connectivity index (χ0v) is 11.7. The van der Waals surface area contributed by atoms with E-state index < -0.39 is 11.6 Å². The zero-order chi connectivity index (χ0) is 13.9. The Bertz CT molecular complexity index is 410. The van der Waals surface area contributed by atoms with Gasteiger partial charge in [-0.2, -0.15) is 0 Å². The summed E-state index contributed by atoms with van der Waals surface area (Å²) < 4.78 is 27.9. The lowest BCUT2D eigenvalue weighted by molar-refractivity contribution is 0.320. The molecule has 1 fully saturated rings. The number of anilines is 1. The van der Waals surface area contributed by atoms with Crippen molar-refractivity contribution in [2.24, 2.45) is 0 Å². The maximum Gasteiger partial charge on any atom is 0.149 e. The molecule has 1 aromatic rings. The van der Waals surface area contributed by atoms with Crippen LogP contribution in [0.25, 0.3) is 0 Å². The van der Waals surface area contributed by atoms with Gasteiger partial charge in [0.25, 0.3) is 0 Å². The first kappa shape index (κ1) is 14.3. The molecule has 106 valence electrons. The predicted octanol–water partition coefficient (Wildman–Crippen LogP) is 3.32. The van der Waals surface area contributed by atoms with E-state index in [0.29, 0.717) is 13.1 Å². The summed E-state index contributed by atoms with van der Waals surface area (Å²) in [5, 5.41) is 3.55. The molecule has 2 nitrogen and oxygen atoms in total. The van der Waals surface area contributed by atoms with Crippen LogP contribution in [0, 0.1) is 11.6 Å². The molecule has 19 heavy (non-hydrogen) atoms. The summed E-state index contributed by atoms with van der Waals surface area (Å²) >= 11 is 0. The van der Waals surface area contributed by atoms with E-state index in [1.807, 2.05) is 4.90 Å². The van der Waals surface area contributed by atoms with Crippen LogP contribution in [-0.2, 0) is 0 Å². The first-order chi connectivity index (χ1) is 9.12. The molecule has 2 rings (SSSR count).